The van der Waals surface area contributed by atoms with Gasteiger partial charge in [-0.15, -0.1) is 0 Å². The van der Waals surface area contributed by atoms with E-state index in [1.807, 2.05) is 6.07 Å². The van der Waals surface area contributed by atoms with Crippen LogP contribution in [0, 0.1) is 0 Å². The first-order valence-electron chi connectivity index (χ1n) is 5.45. The van der Waals surface area contributed by atoms with E-state index in [1.165, 1.54) is 0 Å². The molecule has 0 saturated carbocycles. The van der Waals surface area contributed by atoms with E-state index in [1.54, 1.807) is 31.2 Å². The molecular weight excluding hydrogens is 234 g/mol. The first-order chi connectivity index (χ1) is 8.77. The van der Waals surface area contributed by atoms with Gasteiger partial charge in [-0.1, -0.05) is 35.5 Å². The second-order valence-electron chi connectivity index (χ2n) is 3.47. The smallest absolute Gasteiger partial charge is 0.344 e. The quantitative estimate of drug-likeness (QED) is 0.610. The summed E-state index contributed by atoms with van der Waals surface area (Å²) in [7, 11) is 0. The minimum Gasteiger partial charge on any atom is -0.462 e. The SMILES string of the molecule is CCOC(=O)c1c(-c2ccccc2)noc1C=O. The van der Waals surface area contributed by atoms with E-state index >= 15 is 0 Å². The third kappa shape index (κ3) is 2.15. The summed E-state index contributed by atoms with van der Waals surface area (Å²) in [5.41, 5.74) is 1.08. The van der Waals surface area contributed by atoms with Gasteiger partial charge in [-0.2, -0.15) is 0 Å². The maximum absolute atomic E-state index is 11.8. The van der Waals surface area contributed by atoms with Crippen molar-refractivity contribution in [3.63, 3.8) is 0 Å². The molecule has 0 atom stereocenters. The van der Waals surface area contributed by atoms with Crippen molar-refractivity contribution < 1.29 is 18.8 Å². The number of nitrogens with zero attached hydrogens (tertiary/aromatic N) is 1. The Morgan fingerprint density at radius 2 is 2.11 bits per heavy atom. The maximum atomic E-state index is 11.8. The second-order valence-corrected chi connectivity index (χ2v) is 3.47. The number of aldehydes is 1. The van der Waals surface area contributed by atoms with Crippen LogP contribution in [-0.2, 0) is 4.74 Å². The van der Waals surface area contributed by atoms with Crippen LogP contribution in [0.5, 0.6) is 0 Å². The molecule has 1 aromatic heterocycles. The van der Waals surface area contributed by atoms with Crippen LogP contribution in [0.2, 0.25) is 0 Å². The minimum absolute atomic E-state index is 0.0676. The van der Waals surface area contributed by atoms with E-state index in [0.29, 0.717) is 17.5 Å². The number of rotatable bonds is 4. The van der Waals surface area contributed by atoms with E-state index < -0.39 is 5.97 Å². The van der Waals surface area contributed by atoms with Crippen LogP contribution in [0.15, 0.2) is 34.9 Å². The predicted octanol–water partition coefficient (Wildman–Crippen LogP) is 2.33. The molecule has 5 heteroatoms. The van der Waals surface area contributed by atoms with Crippen molar-refractivity contribution in [1.29, 1.82) is 0 Å². The van der Waals surface area contributed by atoms with Crippen LogP contribution in [0.4, 0.5) is 0 Å². The van der Waals surface area contributed by atoms with Gasteiger partial charge < -0.3 is 9.26 Å². The summed E-state index contributed by atoms with van der Waals surface area (Å²) < 4.78 is 9.74. The van der Waals surface area contributed by atoms with Crippen molar-refractivity contribution >= 4 is 12.3 Å². The van der Waals surface area contributed by atoms with Crippen molar-refractivity contribution in [2.45, 2.75) is 6.92 Å². The number of carbonyl (C=O) groups excluding carboxylic acids is 2. The molecule has 0 fully saturated rings. The topological polar surface area (TPSA) is 69.4 Å². The van der Waals surface area contributed by atoms with Crippen molar-refractivity contribution in [3.05, 3.63) is 41.7 Å². The Balaban J connectivity index is 2.52. The zero-order valence-electron chi connectivity index (χ0n) is 9.75. The average Bonchev–Trinajstić information content (AvgIpc) is 2.84. The molecule has 1 heterocycles. The highest BCUT2D eigenvalue weighted by Gasteiger charge is 2.24. The van der Waals surface area contributed by atoms with Gasteiger partial charge in [-0.05, 0) is 6.92 Å². The molecule has 0 radical (unpaired) electrons. The fourth-order valence-electron chi connectivity index (χ4n) is 1.58. The molecule has 18 heavy (non-hydrogen) atoms. The van der Waals surface area contributed by atoms with Crippen molar-refractivity contribution in [2.75, 3.05) is 6.61 Å². The minimum atomic E-state index is -0.611. The second kappa shape index (κ2) is 5.27. The number of benzene rings is 1. The van der Waals surface area contributed by atoms with Crippen molar-refractivity contribution in [3.8, 4) is 11.3 Å². The van der Waals surface area contributed by atoms with Crippen LogP contribution in [0.3, 0.4) is 0 Å². The number of hydrogen-bond acceptors (Lipinski definition) is 5. The highest BCUT2D eigenvalue weighted by Crippen LogP contribution is 2.25. The Morgan fingerprint density at radius 3 is 2.72 bits per heavy atom. The molecule has 0 aliphatic heterocycles. The number of ether oxygens (including phenoxy) is 1. The third-order valence-corrected chi connectivity index (χ3v) is 2.35. The molecular formula is C13H11NO4. The Morgan fingerprint density at radius 1 is 1.39 bits per heavy atom. The molecule has 5 nitrogen and oxygen atoms in total. The Kier molecular flexibility index (Phi) is 3.52. The van der Waals surface area contributed by atoms with E-state index in [0.717, 1.165) is 0 Å². The first kappa shape index (κ1) is 12.0. The molecule has 92 valence electrons. The standard InChI is InChI=1S/C13H11NO4/c1-2-17-13(16)11-10(8-15)18-14-12(11)9-6-4-3-5-7-9/h3-8H,2H2,1H3. The van der Waals surface area contributed by atoms with Crippen molar-refractivity contribution in [2.24, 2.45) is 0 Å². The lowest BCUT2D eigenvalue weighted by molar-refractivity contribution is 0.0523. The summed E-state index contributed by atoms with van der Waals surface area (Å²) in [5, 5.41) is 3.75. The summed E-state index contributed by atoms with van der Waals surface area (Å²) >= 11 is 0. The van der Waals surface area contributed by atoms with Gasteiger partial charge in [-0.25, -0.2) is 4.79 Å². The predicted molar refractivity (Wildman–Crippen MR) is 63.3 cm³/mol. The molecule has 0 spiro atoms. The molecule has 2 rings (SSSR count). The van der Waals surface area contributed by atoms with Crippen LogP contribution < -0.4 is 0 Å². The Bertz CT molecular complexity index is 560. The summed E-state index contributed by atoms with van der Waals surface area (Å²) in [5.74, 6) is -0.730. The van der Waals surface area contributed by atoms with E-state index in [2.05, 4.69) is 5.16 Å². The number of aromatic nitrogens is 1. The monoisotopic (exact) mass is 245 g/mol. The van der Waals surface area contributed by atoms with Gasteiger partial charge in [-0.3, -0.25) is 4.79 Å². The maximum Gasteiger partial charge on any atom is 0.344 e. The van der Waals surface area contributed by atoms with Gasteiger partial charge >= 0.3 is 5.97 Å². The Labute approximate surface area is 103 Å². The molecule has 1 aromatic carbocycles. The lowest BCUT2D eigenvalue weighted by atomic mass is 10.1. The summed E-state index contributed by atoms with van der Waals surface area (Å²) in [4.78, 5) is 22.6. The Hall–Kier alpha value is -2.43. The van der Waals surface area contributed by atoms with Gasteiger partial charge in [0.05, 0.1) is 6.61 Å². The highest BCUT2D eigenvalue weighted by atomic mass is 16.5. The van der Waals surface area contributed by atoms with Crippen LogP contribution >= 0.6 is 0 Å². The van der Waals surface area contributed by atoms with Gasteiger partial charge in [0.25, 0.3) is 0 Å². The van der Waals surface area contributed by atoms with E-state index in [9.17, 15) is 9.59 Å². The van der Waals surface area contributed by atoms with Crippen molar-refractivity contribution in [1.82, 2.24) is 5.16 Å². The summed E-state index contributed by atoms with van der Waals surface area (Å²) in [6.07, 6.45) is 0.450. The fraction of sp³-hybridized carbons (Fsp3) is 0.154. The number of hydrogen-bond donors (Lipinski definition) is 0. The normalized spacial score (nSPS) is 10.1. The number of esters is 1. The van der Waals surface area contributed by atoms with Crippen LogP contribution in [0.1, 0.15) is 27.8 Å². The van der Waals surface area contributed by atoms with Gasteiger partial charge in [0.15, 0.2) is 6.29 Å². The van der Waals surface area contributed by atoms with Crippen LogP contribution in [0.25, 0.3) is 11.3 Å². The lowest BCUT2D eigenvalue weighted by Crippen LogP contribution is -2.07. The molecule has 0 amide bonds. The summed E-state index contributed by atoms with van der Waals surface area (Å²) in [6.45, 7) is 1.91. The largest absolute Gasteiger partial charge is 0.462 e. The van der Waals surface area contributed by atoms with Gasteiger partial charge in [0.1, 0.15) is 11.3 Å². The molecule has 0 unspecified atom stereocenters. The zero-order valence-corrected chi connectivity index (χ0v) is 9.75. The summed E-state index contributed by atoms with van der Waals surface area (Å²) in [6, 6.07) is 9.00. The molecule has 2 aromatic rings. The molecule has 0 bridgehead atoms. The lowest BCUT2D eigenvalue weighted by Gasteiger charge is -2.01. The van der Waals surface area contributed by atoms with Crippen LogP contribution in [-0.4, -0.2) is 24.0 Å². The molecule has 0 aliphatic carbocycles. The zero-order chi connectivity index (χ0) is 13.0. The molecule has 0 aliphatic rings. The molecule has 0 saturated heterocycles. The van der Waals surface area contributed by atoms with E-state index in [-0.39, 0.29) is 17.9 Å². The number of carbonyl (C=O) groups is 2. The van der Waals surface area contributed by atoms with E-state index in [4.69, 9.17) is 9.26 Å². The van der Waals surface area contributed by atoms with Gasteiger partial charge in [0.2, 0.25) is 5.76 Å². The highest BCUT2D eigenvalue weighted by molar-refractivity contribution is 6.02. The third-order valence-electron chi connectivity index (χ3n) is 2.35. The first-order valence-corrected chi connectivity index (χ1v) is 5.45. The van der Waals surface area contributed by atoms with Gasteiger partial charge in [0, 0.05) is 5.56 Å². The average molecular weight is 245 g/mol. The fourth-order valence-corrected chi connectivity index (χ4v) is 1.58. The molecule has 0 N–H and O–H groups in total.